The van der Waals surface area contributed by atoms with Crippen molar-refractivity contribution in [2.24, 2.45) is 0 Å². The van der Waals surface area contributed by atoms with Crippen LogP contribution in [-0.2, 0) is 30.9 Å². The summed E-state index contributed by atoms with van der Waals surface area (Å²) in [7, 11) is 0. The van der Waals surface area contributed by atoms with Gasteiger partial charge in [-0.3, -0.25) is 10.1 Å². The maximum absolute atomic E-state index is 4.49. The smallest absolute Gasteiger partial charge is 0.0636 e. The molecule has 111 valence electrons. The third-order valence-corrected chi connectivity index (χ3v) is 2.98. The molecule has 0 aliphatic rings. The first-order valence-corrected chi connectivity index (χ1v) is 6.53. The van der Waals surface area contributed by atoms with Crippen LogP contribution in [0.25, 0.3) is 11.5 Å². The van der Waals surface area contributed by atoms with Crippen LogP contribution in [0.15, 0.2) is 18.3 Å². The van der Waals surface area contributed by atoms with Crippen molar-refractivity contribution in [2.75, 3.05) is 0 Å². The first-order chi connectivity index (χ1) is 8.68. The average Bonchev–Trinajstić information content (AvgIpc) is 2.77. The van der Waals surface area contributed by atoms with Crippen LogP contribution in [0.3, 0.4) is 0 Å². The standard InChI is InChI=1S/C15H21N4.Ir/c1-14(2,3)10-7-8-16-11(9-10)12-17-13(19-18-12)15(4,5)6;/h7-9H,1-6H3;/q-1;. The van der Waals surface area contributed by atoms with Gasteiger partial charge in [-0.25, -0.2) is 0 Å². The van der Waals surface area contributed by atoms with Crippen LogP contribution in [0.5, 0.6) is 0 Å². The van der Waals surface area contributed by atoms with E-state index in [4.69, 9.17) is 0 Å². The molecule has 1 radical (unpaired) electrons. The second-order valence-electron chi connectivity index (χ2n) is 6.89. The number of aromatic nitrogens is 4. The summed E-state index contributed by atoms with van der Waals surface area (Å²) in [5.74, 6) is 1.36. The summed E-state index contributed by atoms with van der Waals surface area (Å²) in [5, 5.41) is 8.31. The van der Waals surface area contributed by atoms with Crippen LogP contribution in [0, 0.1) is 0 Å². The van der Waals surface area contributed by atoms with Gasteiger partial charge < -0.3 is 10.1 Å². The molecule has 0 atom stereocenters. The summed E-state index contributed by atoms with van der Waals surface area (Å²) in [6, 6.07) is 4.08. The molecule has 2 aromatic heterocycles. The number of hydrogen-bond acceptors (Lipinski definition) is 3. The van der Waals surface area contributed by atoms with Crippen LogP contribution in [0.4, 0.5) is 0 Å². The summed E-state index contributed by atoms with van der Waals surface area (Å²) in [4.78, 5) is 8.84. The predicted octanol–water partition coefficient (Wildman–Crippen LogP) is 3.09. The van der Waals surface area contributed by atoms with Gasteiger partial charge in [0.05, 0.1) is 5.69 Å². The third kappa shape index (κ3) is 3.74. The van der Waals surface area contributed by atoms with Crippen LogP contribution >= 0.6 is 0 Å². The average molecular weight is 450 g/mol. The van der Waals surface area contributed by atoms with Gasteiger partial charge in [-0.05, 0) is 28.9 Å². The Labute approximate surface area is 134 Å². The first-order valence-electron chi connectivity index (χ1n) is 6.53. The van der Waals surface area contributed by atoms with Crippen molar-refractivity contribution in [3.05, 3.63) is 29.7 Å². The van der Waals surface area contributed by atoms with E-state index in [2.05, 4.69) is 61.7 Å². The predicted molar refractivity (Wildman–Crippen MR) is 76.0 cm³/mol. The molecule has 20 heavy (non-hydrogen) atoms. The quantitative estimate of drug-likeness (QED) is 0.672. The number of hydrogen-bond donors (Lipinski definition) is 0. The molecular formula is C15H21IrN4-. The molecule has 0 saturated carbocycles. The summed E-state index contributed by atoms with van der Waals surface area (Å²) in [5.41, 5.74) is 2.01. The zero-order chi connectivity index (χ0) is 14.3. The van der Waals surface area contributed by atoms with E-state index in [1.54, 1.807) is 0 Å². The minimum Gasteiger partial charge on any atom is -0.420 e. The monoisotopic (exact) mass is 450 g/mol. The van der Waals surface area contributed by atoms with Gasteiger partial charge in [0.15, 0.2) is 0 Å². The number of rotatable bonds is 1. The Kier molecular flexibility index (Phi) is 4.88. The number of nitrogens with zero attached hydrogens (tertiary/aromatic N) is 4. The molecular weight excluding hydrogens is 428 g/mol. The molecule has 0 aliphatic carbocycles. The van der Waals surface area contributed by atoms with E-state index < -0.39 is 0 Å². The van der Waals surface area contributed by atoms with Crippen molar-refractivity contribution in [3.8, 4) is 11.5 Å². The molecule has 0 aromatic carbocycles. The fourth-order valence-electron chi connectivity index (χ4n) is 1.69. The normalized spacial score (nSPS) is 12.1. The van der Waals surface area contributed by atoms with Crippen molar-refractivity contribution >= 4 is 0 Å². The van der Waals surface area contributed by atoms with E-state index in [9.17, 15) is 0 Å². The Morgan fingerprint density at radius 1 is 1.00 bits per heavy atom. The first kappa shape index (κ1) is 17.0. The summed E-state index contributed by atoms with van der Waals surface area (Å²) in [6.07, 6.45) is 1.81. The van der Waals surface area contributed by atoms with Crippen LogP contribution < -0.4 is 5.10 Å². The second-order valence-corrected chi connectivity index (χ2v) is 6.89. The van der Waals surface area contributed by atoms with E-state index in [0.717, 1.165) is 11.5 Å². The Hall–Kier alpha value is -1.06. The Bertz CT molecular complexity index is 576. The number of pyridine rings is 1. The molecule has 2 heterocycles. The van der Waals surface area contributed by atoms with Gasteiger partial charge in [0.2, 0.25) is 0 Å². The van der Waals surface area contributed by atoms with Gasteiger partial charge >= 0.3 is 0 Å². The largest absolute Gasteiger partial charge is 0.420 e. The fourth-order valence-corrected chi connectivity index (χ4v) is 1.69. The molecule has 0 aliphatic heterocycles. The van der Waals surface area contributed by atoms with E-state index in [-0.39, 0.29) is 30.9 Å². The van der Waals surface area contributed by atoms with Gasteiger partial charge in [0.1, 0.15) is 0 Å². The Morgan fingerprint density at radius 2 is 1.65 bits per heavy atom. The van der Waals surface area contributed by atoms with E-state index in [1.807, 2.05) is 18.3 Å². The molecule has 2 rings (SSSR count). The fraction of sp³-hybridized carbons (Fsp3) is 0.533. The van der Waals surface area contributed by atoms with E-state index in [1.165, 1.54) is 5.56 Å². The van der Waals surface area contributed by atoms with Crippen molar-refractivity contribution in [2.45, 2.75) is 52.4 Å². The second kappa shape index (κ2) is 5.74. The topological polar surface area (TPSA) is 52.8 Å². The van der Waals surface area contributed by atoms with E-state index >= 15 is 0 Å². The van der Waals surface area contributed by atoms with Crippen LogP contribution in [0.1, 0.15) is 52.9 Å². The zero-order valence-corrected chi connectivity index (χ0v) is 15.2. The van der Waals surface area contributed by atoms with Gasteiger partial charge in [-0.1, -0.05) is 41.5 Å². The molecule has 4 nitrogen and oxygen atoms in total. The molecule has 5 heteroatoms. The SMILES string of the molecule is CC(C)(C)c1ccnc(-c2nc(C(C)(C)C)n[n-]2)c1.[Ir]. The van der Waals surface area contributed by atoms with Gasteiger partial charge in [0, 0.05) is 37.5 Å². The molecule has 0 amide bonds. The van der Waals surface area contributed by atoms with Crippen LogP contribution in [-0.4, -0.2) is 15.1 Å². The summed E-state index contributed by atoms with van der Waals surface area (Å²) in [6.45, 7) is 12.8. The van der Waals surface area contributed by atoms with Crippen molar-refractivity contribution < 1.29 is 20.1 Å². The Balaban J connectivity index is 0.00000200. The summed E-state index contributed by atoms with van der Waals surface area (Å²) < 4.78 is 0. The summed E-state index contributed by atoms with van der Waals surface area (Å²) >= 11 is 0. The van der Waals surface area contributed by atoms with Crippen molar-refractivity contribution in [1.82, 2.24) is 20.2 Å². The molecule has 0 unspecified atom stereocenters. The molecule has 0 N–H and O–H groups in total. The van der Waals surface area contributed by atoms with Crippen LogP contribution in [0.2, 0.25) is 0 Å². The van der Waals surface area contributed by atoms with Gasteiger partial charge in [-0.15, -0.1) is 0 Å². The maximum Gasteiger partial charge on any atom is 0.0636 e. The molecule has 0 bridgehead atoms. The van der Waals surface area contributed by atoms with Gasteiger partial charge in [0.25, 0.3) is 0 Å². The minimum atomic E-state index is -0.0904. The van der Waals surface area contributed by atoms with E-state index in [0.29, 0.717) is 5.82 Å². The molecule has 0 fully saturated rings. The maximum atomic E-state index is 4.49. The van der Waals surface area contributed by atoms with Crippen molar-refractivity contribution in [1.29, 1.82) is 0 Å². The van der Waals surface area contributed by atoms with Crippen molar-refractivity contribution in [3.63, 3.8) is 0 Å². The molecule has 2 aromatic rings. The Morgan fingerprint density at radius 3 is 2.15 bits per heavy atom. The van der Waals surface area contributed by atoms with Gasteiger partial charge in [-0.2, -0.15) is 0 Å². The molecule has 0 saturated heterocycles. The molecule has 0 spiro atoms. The minimum absolute atomic E-state index is 0. The zero-order valence-electron chi connectivity index (χ0n) is 12.9. The third-order valence-electron chi connectivity index (χ3n) is 2.98.